The molecule has 9 nitrogen and oxygen atoms in total. The van der Waals surface area contributed by atoms with Gasteiger partial charge in [0.2, 0.25) is 0 Å². The van der Waals surface area contributed by atoms with Crippen molar-refractivity contribution in [2.75, 3.05) is 0 Å². The van der Waals surface area contributed by atoms with Crippen molar-refractivity contribution in [3.8, 4) is 0 Å². The third-order valence-electron chi connectivity index (χ3n) is 0. The van der Waals surface area contributed by atoms with Gasteiger partial charge in [0, 0.05) is 23.1 Å². The maximum Gasteiger partial charge on any atom is 0 e. The Morgan fingerprint density at radius 1 is 0.200 bits per heavy atom. The Kier molecular flexibility index (Phi) is 2250000. The maximum atomic E-state index is 0. The summed E-state index contributed by atoms with van der Waals surface area (Å²) < 4.78 is 0. The molecule has 0 aliphatic rings. The van der Waals surface area contributed by atoms with E-state index in [4.69, 9.17) is 0 Å². The summed E-state index contributed by atoms with van der Waals surface area (Å²) in [5.41, 5.74) is 0. The third kappa shape index (κ3) is 2790. The number of hydrogen-bond donors (Lipinski definition) is 0. The lowest BCUT2D eigenvalue weighted by molar-refractivity contribution is 0.823. The highest BCUT2D eigenvalue weighted by atomic mass is 24.3. The largest absolute Gasteiger partial charge is 0.412 e. The fourth-order valence-electron chi connectivity index (χ4n) is 0. The van der Waals surface area contributed by atoms with E-state index in [1.165, 1.54) is 0 Å². The molecule has 10 heteroatoms. The molecule has 0 atom stereocenters. The topological polar surface area (TPSA) is 284 Å². The lowest BCUT2D eigenvalue weighted by Gasteiger charge is -0.413. The number of rotatable bonds is 0. The van der Waals surface area contributed by atoms with Gasteiger partial charge in [0.05, 0.1) is 0 Å². The van der Waals surface area contributed by atoms with Crippen LogP contribution in [0.15, 0.2) is 0 Å². The molecule has 0 heterocycles. The van der Waals surface area contributed by atoms with Gasteiger partial charge in [0.25, 0.3) is 0 Å². The van der Waals surface area contributed by atoms with Gasteiger partial charge in [-0.25, -0.2) is 0 Å². The van der Waals surface area contributed by atoms with Gasteiger partial charge in [-0.1, -0.05) is 0 Å². The minimum atomic E-state index is 0. The molecule has 0 saturated carbocycles. The average Bonchev–Trinajstić information content (AvgIpc) is 0. The molecule has 2 radical (unpaired) electrons. The Morgan fingerprint density at radius 3 is 0.200 bits per heavy atom. The minimum absolute atomic E-state index is 0. The summed E-state index contributed by atoms with van der Waals surface area (Å²) in [6.45, 7) is 0. The Labute approximate surface area is 73.0 Å². The molecule has 0 aromatic carbocycles. The van der Waals surface area contributed by atoms with Crippen molar-refractivity contribution in [3.63, 3.8) is 0 Å². The molecular formula is H18MgO9. The van der Waals surface area contributed by atoms with Gasteiger partial charge in [0.1, 0.15) is 0 Å². The second-order valence-electron chi connectivity index (χ2n) is 0. The predicted molar refractivity (Wildman–Crippen MR) is 38.3 cm³/mol. The normalized spacial score (nSPS) is 0. The van der Waals surface area contributed by atoms with Gasteiger partial charge < -0.3 is 49.3 Å². The molecule has 10 heavy (non-hydrogen) atoms. The van der Waals surface area contributed by atoms with Gasteiger partial charge in [-0.15, -0.1) is 0 Å². The zero-order chi connectivity index (χ0) is 0. The summed E-state index contributed by atoms with van der Waals surface area (Å²) in [7, 11) is 0. The second-order valence-corrected chi connectivity index (χ2v) is 0. The third-order valence-corrected chi connectivity index (χ3v) is 0. The van der Waals surface area contributed by atoms with E-state index in [0.717, 1.165) is 0 Å². The molecule has 0 rings (SSSR count). The SMILES string of the molecule is O.O.O.O.O.O.O.O.O.[Mg]. The molecule has 0 aliphatic carbocycles. The van der Waals surface area contributed by atoms with Crippen LogP contribution in [0.4, 0.5) is 0 Å². The van der Waals surface area contributed by atoms with E-state index in [0.29, 0.717) is 0 Å². The monoisotopic (exact) mass is 186 g/mol. The Morgan fingerprint density at radius 2 is 0.200 bits per heavy atom. The zero-order valence-corrected chi connectivity index (χ0v) is 6.62. The van der Waals surface area contributed by atoms with E-state index in [9.17, 15) is 0 Å². The highest BCUT2D eigenvalue weighted by Gasteiger charge is 0.0000223. The lowest BCUT2D eigenvalue weighted by Crippen LogP contribution is -0.381. The predicted octanol–water partition coefficient (Wildman–Crippen LogP) is -7.80. The van der Waals surface area contributed by atoms with E-state index < -0.39 is 0 Å². The second kappa shape index (κ2) is 4030. The summed E-state index contributed by atoms with van der Waals surface area (Å²) >= 11 is 0. The van der Waals surface area contributed by atoms with E-state index >= 15 is 0 Å². The molecule has 0 bridgehead atoms. The first kappa shape index (κ1) is 5580. The standard InChI is InChI=1S/Mg.9H2O/h;9*1H2. The van der Waals surface area contributed by atoms with Crippen LogP contribution in [0, 0.1) is 0 Å². The molecule has 74 valence electrons. The van der Waals surface area contributed by atoms with E-state index in [1.807, 2.05) is 0 Å². The highest BCUT2D eigenvalue weighted by Crippen LogP contribution is -0.281. The van der Waals surface area contributed by atoms with Crippen LogP contribution < -0.4 is 0 Å². The maximum absolute atomic E-state index is 0. The molecule has 0 spiro atoms. The van der Waals surface area contributed by atoms with Crippen LogP contribution in [0.25, 0.3) is 0 Å². The van der Waals surface area contributed by atoms with Crippen LogP contribution in [-0.4, -0.2) is 72.3 Å². The summed E-state index contributed by atoms with van der Waals surface area (Å²) in [6, 6.07) is 0. The summed E-state index contributed by atoms with van der Waals surface area (Å²) in [4.78, 5) is 0. The average molecular weight is 186 g/mol. The van der Waals surface area contributed by atoms with Crippen molar-refractivity contribution in [1.29, 1.82) is 0 Å². The van der Waals surface area contributed by atoms with Gasteiger partial charge in [-0.05, 0) is 0 Å². The fraction of sp³-hybridized carbons (Fsp3) is 0. The van der Waals surface area contributed by atoms with E-state index in [-0.39, 0.29) is 72.3 Å². The van der Waals surface area contributed by atoms with Crippen molar-refractivity contribution >= 4 is 23.1 Å². The van der Waals surface area contributed by atoms with Crippen molar-refractivity contribution in [3.05, 3.63) is 0 Å². The molecule has 0 aromatic rings. The first-order valence-corrected chi connectivity index (χ1v) is 0. The lowest BCUT2D eigenvalue weighted by atomic mass is 16.0. The summed E-state index contributed by atoms with van der Waals surface area (Å²) in [5, 5.41) is 0. The van der Waals surface area contributed by atoms with Crippen molar-refractivity contribution in [1.82, 2.24) is 0 Å². The Hall–Kier alpha value is 0.406. The number of hydrogen-bond acceptors (Lipinski definition) is 0. The van der Waals surface area contributed by atoms with Crippen LogP contribution in [0.3, 0.4) is 0 Å². The highest BCUT2D eigenvalue weighted by molar-refractivity contribution is 5.75. The zero-order valence-electron chi connectivity index (χ0n) is 5.21. The van der Waals surface area contributed by atoms with Crippen LogP contribution in [0.5, 0.6) is 0 Å². The quantitative estimate of drug-likeness (QED) is 0.318. The van der Waals surface area contributed by atoms with Gasteiger partial charge >= 0.3 is 0 Å². The molecule has 0 fully saturated rings. The van der Waals surface area contributed by atoms with Crippen LogP contribution in [0.2, 0.25) is 0 Å². The Balaban J connectivity index is 0. The molecule has 0 amide bonds. The Bertz CT molecular complexity index is 4.69. The molecule has 0 aromatic heterocycles. The van der Waals surface area contributed by atoms with Crippen LogP contribution in [0.1, 0.15) is 0 Å². The summed E-state index contributed by atoms with van der Waals surface area (Å²) in [6.07, 6.45) is 0. The van der Waals surface area contributed by atoms with Crippen LogP contribution >= 0.6 is 0 Å². The first-order valence-electron chi connectivity index (χ1n) is 0. The van der Waals surface area contributed by atoms with E-state index in [2.05, 4.69) is 0 Å². The van der Waals surface area contributed by atoms with Gasteiger partial charge in [-0.2, -0.15) is 0 Å². The van der Waals surface area contributed by atoms with E-state index in [1.54, 1.807) is 0 Å². The fourth-order valence-corrected chi connectivity index (χ4v) is 0. The first-order chi connectivity index (χ1) is 0. The van der Waals surface area contributed by atoms with Crippen molar-refractivity contribution in [2.45, 2.75) is 0 Å². The molecule has 0 unspecified atom stereocenters. The molecule has 18 N–H and O–H groups in total. The van der Waals surface area contributed by atoms with Crippen molar-refractivity contribution < 1.29 is 49.3 Å². The molecular weight excluding hydrogens is 168 g/mol. The minimum Gasteiger partial charge on any atom is -0.412 e. The molecule has 0 aliphatic heterocycles. The van der Waals surface area contributed by atoms with Crippen molar-refractivity contribution in [2.24, 2.45) is 0 Å². The van der Waals surface area contributed by atoms with Gasteiger partial charge in [-0.3, -0.25) is 0 Å². The summed E-state index contributed by atoms with van der Waals surface area (Å²) in [5.74, 6) is 0. The van der Waals surface area contributed by atoms with Gasteiger partial charge in [0.15, 0.2) is 0 Å². The smallest absolute Gasteiger partial charge is 0 e. The molecule has 0 saturated heterocycles. The van der Waals surface area contributed by atoms with Crippen LogP contribution in [-0.2, 0) is 0 Å².